The Morgan fingerprint density at radius 1 is 1.44 bits per heavy atom. The zero-order valence-electron chi connectivity index (χ0n) is 9.56. The van der Waals surface area contributed by atoms with Crippen LogP contribution in [0.3, 0.4) is 0 Å². The molecule has 1 aliphatic rings. The second-order valence-corrected chi connectivity index (χ2v) is 5.13. The lowest BCUT2D eigenvalue weighted by Crippen LogP contribution is -2.19. The molecule has 1 saturated carbocycles. The Labute approximate surface area is 100 Å². The molecule has 88 valence electrons. The molecular weight excluding hydrogens is 220 g/mol. The van der Waals surface area contributed by atoms with Gasteiger partial charge in [-0.05, 0) is 37.7 Å². The summed E-state index contributed by atoms with van der Waals surface area (Å²) >= 11 is 1.49. The van der Waals surface area contributed by atoms with Gasteiger partial charge in [-0.25, -0.2) is 4.98 Å². The van der Waals surface area contributed by atoms with E-state index >= 15 is 0 Å². The molecular formula is C12H18N2OS. The monoisotopic (exact) mass is 238 g/mol. The number of anilines is 1. The van der Waals surface area contributed by atoms with Crippen LogP contribution in [0.1, 0.15) is 31.4 Å². The number of allylic oxidation sites excluding steroid dienone is 1. The van der Waals surface area contributed by atoms with Gasteiger partial charge in [-0.1, -0.05) is 6.08 Å². The molecule has 2 N–H and O–H groups in total. The molecule has 0 atom stereocenters. The number of rotatable bonds is 3. The van der Waals surface area contributed by atoms with E-state index < -0.39 is 0 Å². The van der Waals surface area contributed by atoms with Crippen molar-refractivity contribution in [3.63, 3.8) is 0 Å². The number of methoxy groups -OCH3 is 1. The van der Waals surface area contributed by atoms with Gasteiger partial charge in [0, 0.05) is 12.5 Å². The Balaban J connectivity index is 1.84. The highest BCUT2D eigenvalue weighted by Crippen LogP contribution is 2.27. The number of hydrogen-bond donors (Lipinski definition) is 1. The summed E-state index contributed by atoms with van der Waals surface area (Å²) in [6.45, 7) is 0. The zero-order chi connectivity index (χ0) is 11.4. The lowest BCUT2D eigenvalue weighted by atomic mass is 9.87. The molecule has 0 bridgehead atoms. The molecule has 3 nitrogen and oxygen atoms in total. The quantitative estimate of drug-likeness (QED) is 0.880. The van der Waals surface area contributed by atoms with E-state index in [-0.39, 0.29) is 0 Å². The minimum absolute atomic E-state index is 0.472. The lowest BCUT2D eigenvalue weighted by Gasteiger charge is -2.25. The normalized spacial score (nSPS) is 26.3. The summed E-state index contributed by atoms with van der Waals surface area (Å²) < 4.78 is 5.35. The zero-order valence-corrected chi connectivity index (χ0v) is 10.4. The molecule has 16 heavy (non-hydrogen) atoms. The topological polar surface area (TPSA) is 48.1 Å². The first-order chi connectivity index (χ1) is 7.78. The van der Waals surface area contributed by atoms with E-state index in [1.165, 1.54) is 37.0 Å². The summed E-state index contributed by atoms with van der Waals surface area (Å²) in [5, 5.41) is 2.63. The van der Waals surface area contributed by atoms with Crippen LogP contribution in [0.25, 0.3) is 6.08 Å². The highest BCUT2D eigenvalue weighted by atomic mass is 32.1. The lowest BCUT2D eigenvalue weighted by molar-refractivity contribution is 0.0628. The number of hydrogen-bond acceptors (Lipinski definition) is 4. The van der Waals surface area contributed by atoms with Crippen molar-refractivity contribution < 1.29 is 4.74 Å². The van der Waals surface area contributed by atoms with Gasteiger partial charge in [0.25, 0.3) is 0 Å². The van der Waals surface area contributed by atoms with Crippen molar-refractivity contribution in [2.75, 3.05) is 12.8 Å². The van der Waals surface area contributed by atoms with Gasteiger partial charge in [0.15, 0.2) is 5.13 Å². The fraction of sp³-hybridized carbons (Fsp3) is 0.583. The molecule has 0 aromatic carbocycles. The number of ether oxygens (including phenoxy) is 1. The summed E-state index contributed by atoms with van der Waals surface area (Å²) in [4.78, 5) is 4.21. The molecule has 0 saturated heterocycles. The Morgan fingerprint density at radius 3 is 2.75 bits per heavy atom. The number of nitrogens with zero attached hydrogens (tertiary/aromatic N) is 1. The van der Waals surface area contributed by atoms with Crippen molar-refractivity contribution in [2.24, 2.45) is 5.92 Å². The molecule has 1 aliphatic carbocycles. The Morgan fingerprint density at radius 2 is 2.19 bits per heavy atom. The molecule has 0 radical (unpaired) electrons. The van der Waals surface area contributed by atoms with E-state index in [2.05, 4.69) is 17.1 Å². The van der Waals surface area contributed by atoms with Crippen LogP contribution in [0.4, 0.5) is 5.13 Å². The summed E-state index contributed by atoms with van der Waals surface area (Å²) in [5.74, 6) is 0.675. The molecule has 0 spiro atoms. The van der Waals surface area contributed by atoms with Crippen molar-refractivity contribution in [2.45, 2.75) is 31.8 Å². The van der Waals surface area contributed by atoms with Gasteiger partial charge in [0.2, 0.25) is 0 Å². The third-order valence-corrected chi connectivity index (χ3v) is 3.82. The summed E-state index contributed by atoms with van der Waals surface area (Å²) in [6, 6.07) is 0. The maximum absolute atomic E-state index is 5.58. The number of nitrogens with two attached hydrogens (primary N) is 1. The van der Waals surface area contributed by atoms with E-state index in [1.807, 2.05) is 5.38 Å². The van der Waals surface area contributed by atoms with Crippen molar-refractivity contribution in [3.8, 4) is 0 Å². The smallest absolute Gasteiger partial charge is 0.180 e. The Bertz CT molecular complexity index is 354. The summed E-state index contributed by atoms with van der Waals surface area (Å²) in [7, 11) is 1.80. The first-order valence-corrected chi connectivity index (χ1v) is 6.58. The second kappa shape index (κ2) is 5.46. The number of aromatic nitrogens is 1. The highest BCUT2D eigenvalue weighted by molar-refractivity contribution is 7.13. The van der Waals surface area contributed by atoms with Crippen molar-refractivity contribution in [1.82, 2.24) is 4.98 Å². The van der Waals surface area contributed by atoms with Gasteiger partial charge in [-0.3, -0.25) is 0 Å². The minimum Gasteiger partial charge on any atom is -0.381 e. The van der Waals surface area contributed by atoms with Crippen LogP contribution in [0.15, 0.2) is 11.5 Å². The molecule has 4 heteroatoms. The highest BCUT2D eigenvalue weighted by Gasteiger charge is 2.18. The fourth-order valence-electron chi connectivity index (χ4n) is 2.13. The molecule has 1 aromatic rings. The van der Waals surface area contributed by atoms with Crippen molar-refractivity contribution >= 4 is 22.5 Å². The van der Waals surface area contributed by atoms with Crippen LogP contribution in [0.2, 0.25) is 0 Å². The summed E-state index contributed by atoms with van der Waals surface area (Å²) in [5.41, 5.74) is 6.56. The third kappa shape index (κ3) is 3.06. The average Bonchev–Trinajstić information content (AvgIpc) is 2.73. The van der Waals surface area contributed by atoms with E-state index in [9.17, 15) is 0 Å². The maximum Gasteiger partial charge on any atom is 0.180 e. The van der Waals surface area contributed by atoms with E-state index in [0.29, 0.717) is 17.2 Å². The first-order valence-electron chi connectivity index (χ1n) is 5.70. The van der Waals surface area contributed by atoms with Crippen molar-refractivity contribution in [3.05, 3.63) is 17.2 Å². The fourth-order valence-corrected chi connectivity index (χ4v) is 2.66. The van der Waals surface area contributed by atoms with Crippen LogP contribution < -0.4 is 5.73 Å². The molecule has 1 heterocycles. The van der Waals surface area contributed by atoms with Gasteiger partial charge < -0.3 is 10.5 Å². The third-order valence-electron chi connectivity index (χ3n) is 3.13. The molecule has 0 amide bonds. The predicted molar refractivity (Wildman–Crippen MR) is 68.3 cm³/mol. The largest absolute Gasteiger partial charge is 0.381 e. The van der Waals surface area contributed by atoms with Gasteiger partial charge in [-0.2, -0.15) is 0 Å². The Kier molecular flexibility index (Phi) is 3.96. The first kappa shape index (κ1) is 11.6. The second-order valence-electron chi connectivity index (χ2n) is 4.24. The molecule has 2 rings (SSSR count). The van der Waals surface area contributed by atoms with Crippen LogP contribution in [0, 0.1) is 5.92 Å². The minimum atomic E-state index is 0.472. The summed E-state index contributed by atoms with van der Waals surface area (Å²) in [6.07, 6.45) is 9.60. The van der Waals surface area contributed by atoms with Crippen LogP contribution >= 0.6 is 11.3 Å². The Hall–Kier alpha value is -0.870. The molecule has 0 unspecified atom stereocenters. The molecule has 1 aromatic heterocycles. The van der Waals surface area contributed by atoms with Crippen LogP contribution in [0.5, 0.6) is 0 Å². The van der Waals surface area contributed by atoms with E-state index in [1.54, 1.807) is 7.11 Å². The van der Waals surface area contributed by atoms with Crippen molar-refractivity contribution in [1.29, 1.82) is 0 Å². The SMILES string of the molecule is COC1CCC(/C=C/c2csc(N)n2)CC1. The van der Waals surface area contributed by atoms with Gasteiger partial charge in [0.05, 0.1) is 11.8 Å². The average molecular weight is 238 g/mol. The maximum atomic E-state index is 5.58. The van der Waals surface area contributed by atoms with Gasteiger partial charge in [-0.15, -0.1) is 11.3 Å². The number of thiazole rings is 1. The predicted octanol–water partition coefficient (Wildman–Crippen LogP) is 2.94. The van der Waals surface area contributed by atoms with E-state index in [0.717, 1.165) is 5.69 Å². The standard InChI is InChI=1S/C12H18N2OS/c1-15-11-6-3-9(4-7-11)2-5-10-8-16-12(13)14-10/h2,5,8-9,11H,3-4,6-7H2,1H3,(H2,13,14)/b5-2+. The van der Waals surface area contributed by atoms with Gasteiger partial charge >= 0.3 is 0 Å². The number of nitrogen functional groups attached to an aromatic ring is 1. The molecule has 0 aliphatic heterocycles. The van der Waals surface area contributed by atoms with Crippen LogP contribution in [-0.2, 0) is 4.74 Å². The van der Waals surface area contributed by atoms with Crippen LogP contribution in [-0.4, -0.2) is 18.2 Å². The van der Waals surface area contributed by atoms with E-state index in [4.69, 9.17) is 10.5 Å². The van der Waals surface area contributed by atoms with Gasteiger partial charge in [0.1, 0.15) is 0 Å². The molecule has 1 fully saturated rings.